The molecule has 0 unspecified atom stereocenters. The molecule has 2 saturated heterocycles. The molecule has 0 aliphatic carbocycles. The molecule has 3 aromatic carbocycles. The highest BCUT2D eigenvalue weighted by molar-refractivity contribution is 5.91. The fourth-order valence-electron chi connectivity index (χ4n) is 4.14. The molecular weight excluding hydrogens is 480 g/mol. The van der Waals surface area contributed by atoms with Crippen molar-refractivity contribution in [3.63, 3.8) is 0 Å². The molecule has 0 aromatic heterocycles. The van der Waals surface area contributed by atoms with E-state index in [2.05, 4.69) is 0 Å². The number of rotatable bonds is 6. The molecule has 37 heavy (non-hydrogen) atoms. The number of hydrogen-bond donors (Lipinski definition) is 0. The van der Waals surface area contributed by atoms with Gasteiger partial charge in [0.25, 0.3) is 0 Å². The maximum Gasteiger partial charge on any atom is 0.340 e. The second-order valence-corrected chi connectivity index (χ2v) is 8.41. The first-order valence-corrected chi connectivity index (χ1v) is 11.7. The molecule has 0 radical (unpaired) electrons. The average molecular weight is 504 g/mol. The van der Waals surface area contributed by atoms with E-state index in [0.717, 1.165) is 0 Å². The number of ether oxygens (including phenoxy) is 6. The second-order valence-electron chi connectivity index (χ2n) is 8.41. The van der Waals surface area contributed by atoms with Crippen molar-refractivity contribution in [3.8, 4) is 0 Å². The Morgan fingerprint density at radius 2 is 1.08 bits per heavy atom. The van der Waals surface area contributed by atoms with Gasteiger partial charge in [-0.15, -0.1) is 0 Å². The summed E-state index contributed by atoms with van der Waals surface area (Å²) in [7, 11) is 0. The molecule has 0 saturated carbocycles. The van der Waals surface area contributed by atoms with Gasteiger partial charge >= 0.3 is 17.9 Å². The highest BCUT2D eigenvalue weighted by atomic mass is 16.8. The summed E-state index contributed by atoms with van der Waals surface area (Å²) in [5.74, 6) is -2.06. The highest BCUT2D eigenvalue weighted by Gasteiger charge is 2.54. The summed E-state index contributed by atoms with van der Waals surface area (Å²) in [5.41, 5.74) is 0.831. The van der Waals surface area contributed by atoms with Crippen molar-refractivity contribution in [2.24, 2.45) is 0 Å². The molecule has 2 heterocycles. The van der Waals surface area contributed by atoms with Crippen molar-refractivity contribution in [1.29, 1.82) is 0 Å². The van der Waals surface area contributed by atoms with E-state index in [-0.39, 0.29) is 24.5 Å². The molecule has 0 bridgehead atoms. The smallest absolute Gasteiger partial charge is 0.340 e. The molecule has 0 spiro atoms. The molecule has 9 heteroatoms. The molecular formula is C28H24O9. The lowest BCUT2D eigenvalue weighted by atomic mass is 9.97. The van der Waals surface area contributed by atoms with Gasteiger partial charge in [0.05, 0.1) is 23.3 Å². The lowest BCUT2D eigenvalue weighted by Gasteiger charge is -2.46. The number of benzene rings is 3. The van der Waals surface area contributed by atoms with E-state index in [1.54, 1.807) is 91.0 Å². The van der Waals surface area contributed by atoms with Crippen molar-refractivity contribution >= 4 is 17.9 Å². The first-order valence-electron chi connectivity index (χ1n) is 11.7. The van der Waals surface area contributed by atoms with Crippen molar-refractivity contribution < 1.29 is 42.8 Å². The first kappa shape index (κ1) is 24.6. The minimum atomic E-state index is -1.40. The zero-order valence-electron chi connectivity index (χ0n) is 19.6. The van der Waals surface area contributed by atoms with Gasteiger partial charge < -0.3 is 28.4 Å². The van der Waals surface area contributed by atoms with Gasteiger partial charge in [0.2, 0.25) is 12.4 Å². The first-order chi connectivity index (χ1) is 18.1. The molecule has 3 aromatic rings. The highest BCUT2D eigenvalue weighted by Crippen LogP contribution is 2.32. The van der Waals surface area contributed by atoms with Crippen LogP contribution < -0.4 is 0 Å². The third-order valence-electron chi connectivity index (χ3n) is 5.96. The van der Waals surface area contributed by atoms with E-state index >= 15 is 0 Å². The van der Waals surface area contributed by atoms with Crippen molar-refractivity contribution in [1.82, 2.24) is 0 Å². The maximum atomic E-state index is 13.1. The Morgan fingerprint density at radius 1 is 0.622 bits per heavy atom. The molecule has 2 aliphatic heterocycles. The van der Waals surface area contributed by atoms with Crippen molar-refractivity contribution in [2.45, 2.75) is 30.7 Å². The molecule has 0 amide bonds. The fraction of sp³-hybridized carbons (Fsp3) is 0.250. The Kier molecular flexibility index (Phi) is 7.55. The van der Waals surface area contributed by atoms with Crippen molar-refractivity contribution in [3.05, 3.63) is 108 Å². The predicted molar refractivity (Wildman–Crippen MR) is 128 cm³/mol. The van der Waals surface area contributed by atoms with Gasteiger partial charge in [-0.25, -0.2) is 14.4 Å². The van der Waals surface area contributed by atoms with Crippen LogP contribution in [0.2, 0.25) is 0 Å². The molecule has 190 valence electrons. The monoisotopic (exact) mass is 504 g/mol. The minimum Gasteiger partial charge on any atom is -0.452 e. The van der Waals surface area contributed by atoms with Crippen LogP contribution in [0.25, 0.3) is 0 Å². The minimum absolute atomic E-state index is 0.0717. The average Bonchev–Trinajstić information content (AvgIpc) is 2.96. The van der Waals surface area contributed by atoms with Crippen LogP contribution in [0.4, 0.5) is 0 Å². The van der Waals surface area contributed by atoms with Gasteiger partial charge in [0, 0.05) is 0 Å². The Bertz CT molecular complexity index is 1220. The van der Waals surface area contributed by atoms with Crippen LogP contribution in [0.1, 0.15) is 31.1 Å². The Hall–Kier alpha value is -4.05. The number of hydrogen-bond acceptors (Lipinski definition) is 9. The normalized spacial score (nSPS) is 24.8. The molecule has 5 atom stereocenters. The topological polar surface area (TPSA) is 107 Å². The number of esters is 3. The Labute approximate surface area is 212 Å². The summed E-state index contributed by atoms with van der Waals surface area (Å²) >= 11 is 0. The Morgan fingerprint density at radius 3 is 1.59 bits per heavy atom. The number of carbonyl (C=O) groups excluding carboxylic acids is 3. The van der Waals surface area contributed by atoms with E-state index < -0.39 is 48.6 Å². The Balaban J connectivity index is 1.47. The van der Waals surface area contributed by atoms with Gasteiger partial charge in [0.15, 0.2) is 6.10 Å². The molecule has 9 nitrogen and oxygen atoms in total. The summed E-state index contributed by atoms with van der Waals surface area (Å²) in [5, 5.41) is 0. The second kappa shape index (κ2) is 11.3. The lowest BCUT2D eigenvalue weighted by Crippen LogP contribution is -2.64. The largest absolute Gasteiger partial charge is 0.452 e. The van der Waals surface area contributed by atoms with Crippen LogP contribution in [0.3, 0.4) is 0 Å². The summed E-state index contributed by atoms with van der Waals surface area (Å²) in [4.78, 5) is 39.0. The quantitative estimate of drug-likeness (QED) is 0.369. The van der Waals surface area contributed by atoms with Crippen LogP contribution in [-0.2, 0) is 28.4 Å². The molecule has 0 N–H and O–H groups in total. The summed E-state index contributed by atoms with van der Waals surface area (Å²) in [6.07, 6.45) is -5.46. The van der Waals surface area contributed by atoms with E-state index in [1.807, 2.05) is 0 Å². The van der Waals surface area contributed by atoms with Crippen LogP contribution in [-0.4, -0.2) is 62.0 Å². The van der Waals surface area contributed by atoms with Crippen LogP contribution in [0.5, 0.6) is 0 Å². The zero-order chi connectivity index (χ0) is 25.6. The summed E-state index contributed by atoms with van der Waals surface area (Å²) in [6, 6.07) is 25.0. The van der Waals surface area contributed by atoms with E-state index in [9.17, 15) is 14.4 Å². The van der Waals surface area contributed by atoms with E-state index in [0.29, 0.717) is 5.56 Å². The fourth-order valence-corrected chi connectivity index (χ4v) is 4.14. The molecule has 2 fully saturated rings. The van der Waals surface area contributed by atoms with Gasteiger partial charge in [-0.2, -0.15) is 0 Å². The van der Waals surface area contributed by atoms with Gasteiger partial charge in [0.1, 0.15) is 19.0 Å². The van der Waals surface area contributed by atoms with Gasteiger partial charge in [-0.05, 0) is 36.4 Å². The summed E-state index contributed by atoms with van der Waals surface area (Å²) in [6.45, 7) is 0.0283. The summed E-state index contributed by atoms with van der Waals surface area (Å²) < 4.78 is 34.4. The standard InChI is InChI=1S/C28H24O9/c29-25(18-10-4-1-5-11-18)35-23-22-21(16-32-17-33-22)34-28(37-27(31)20-14-8-3-9-15-20)24(23)36-26(30)19-12-6-2-7-13-19/h1-15,21-24,28H,16-17H2/t21-,22+,23+,24-,28+/m1/s1. The van der Waals surface area contributed by atoms with Crippen LogP contribution in [0, 0.1) is 0 Å². The van der Waals surface area contributed by atoms with Gasteiger partial charge in [-0.1, -0.05) is 54.6 Å². The number of carbonyl (C=O) groups is 3. The zero-order valence-corrected chi connectivity index (χ0v) is 19.6. The third kappa shape index (κ3) is 5.69. The predicted octanol–water partition coefficient (Wildman–Crippen LogP) is 3.39. The molecule has 5 rings (SSSR count). The lowest BCUT2D eigenvalue weighted by molar-refractivity contribution is -0.326. The SMILES string of the molecule is O=C(O[C@@H]1O[C@@H]2COCO[C@@H]2[C@H](OC(=O)c2ccccc2)[C@H]1OC(=O)c1ccccc1)c1ccccc1. The number of fused-ring (bicyclic) bond motifs is 1. The van der Waals surface area contributed by atoms with Crippen molar-refractivity contribution in [2.75, 3.05) is 13.4 Å². The maximum absolute atomic E-state index is 13.1. The van der Waals surface area contributed by atoms with Crippen LogP contribution >= 0.6 is 0 Å². The van der Waals surface area contributed by atoms with Gasteiger partial charge in [-0.3, -0.25) is 0 Å². The molecule has 2 aliphatic rings. The third-order valence-corrected chi connectivity index (χ3v) is 5.96. The van der Waals surface area contributed by atoms with Crippen LogP contribution in [0.15, 0.2) is 91.0 Å². The van der Waals surface area contributed by atoms with E-state index in [1.165, 1.54) is 0 Å². The van der Waals surface area contributed by atoms with E-state index in [4.69, 9.17) is 28.4 Å².